The molecule has 2 nitrogen and oxygen atoms in total. The van der Waals surface area contributed by atoms with Crippen molar-refractivity contribution in [2.75, 3.05) is 0 Å². The maximum absolute atomic E-state index is 2.67. The lowest BCUT2D eigenvalue weighted by Crippen LogP contribution is -2.15. The van der Waals surface area contributed by atoms with Crippen LogP contribution in [0.4, 0.5) is 0 Å². The van der Waals surface area contributed by atoms with Crippen molar-refractivity contribution in [1.29, 1.82) is 0 Å². The first-order chi connectivity index (χ1) is 50.2. The lowest BCUT2D eigenvalue weighted by molar-refractivity contribution is 0.660. The molecule has 0 saturated heterocycles. The maximum Gasteiger partial charge on any atom is 0.0619 e. The van der Waals surface area contributed by atoms with Crippen molar-refractivity contribution in [3.05, 3.63) is 362 Å². The molecule has 17 aromatic carbocycles. The largest absolute Gasteiger partial charge is 0.307 e. The summed E-state index contributed by atoms with van der Waals surface area (Å²) in [6.45, 7) is 9.71. The predicted octanol–water partition coefficient (Wildman–Crippen LogP) is 27.1. The monoisotopic (exact) mass is 1300 g/mol. The highest BCUT2D eigenvalue weighted by Gasteiger charge is 2.39. The van der Waals surface area contributed by atoms with Crippen LogP contribution in [0.25, 0.3) is 187 Å². The summed E-state index contributed by atoms with van der Waals surface area (Å²) < 4.78 is 5.33. The summed E-state index contributed by atoms with van der Waals surface area (Å²) in [6.07, 6.45) is 0. The number of nitrogens with zero attached hydrogens (tertiary/aromatic N) is 2. The van der Waals surface area contributed by atoms with Crippen molar-refractivity contribution in [3.8, 4) is 101 Å². The summed E-state index contributed by atoms with van der Waals surface area (Å²) in [7, 11) is 0. The smallest absolute Gasteiger partial charge is 0.0619 e. The van der Waals surface area contributed by atoms with Crippen molar-refractivity contribution in [2.24, 2.45) is 0 Å². The highest BCUT2D eigenvalue weighted by Crippen LogP contribution is 2.58. The number of fused-ring (bicyclic) bond motifs is 14. The van der Waals surface area contributed by atoms with Crippen molar-refractivity contribution in [3.63, 3.8) is 0 Å². The molecule has 2 heterocycles. The lowest BCUT2D eigenvalue weighted by atomic mass is 9.79. The number of rotatable bonds is 8. The first-order valence-electron chi connectivity index (χ1n) is 35.9. The van der Waals surface area contributed by atoms with Crippen molar-refractivity contribution >= 4 is 86.4 Å². The van der Waals surface area contributed by atoms with Crippen LogP contribution in [0.2, 0.25) is 0 Å². The zero-order valence-corrected chi connectivity index (χ0v) is 57.2. The van der Waals surface area contributed by atoms with Gasteiger partial charge in [0.15, 0.2) is 0 Å². The molecular weight excluding hydrogens is 1230 g/mol. The minimum Gasteiger partial charge on any atom is -0.307 e. The molecule has 0 bridgehead atoms. The van der Waals surface area contributed by atoms with Crippen LogP contribution >= 0.6 is 0 Å². The first-order valence-corrected chi connectivity index (χ1v) is 35.9. The Morgan fingerprint density at radius 2 is 0.490 bits per heavy atom. The van der Waals surface area contributed by atoms with E-state index >= 15 is 0 Å². The zero-order valence-electron chi connectivity index (χ0n) is 57.2. The van der Waals surface area contributed by atoms with Gasteiger partial charge in [-0.2, -0.15) is 0 Å². The van der Waals surface area contributed by atoms with Crippen LogP contribution in [0.5, 0.6) is 0 Å². The van der Waals surface area contributed by atoms with Gasteiger partial charge in [0.1, 0.15) is 0 Å². The van der Waals surface area contributed by atoms with Crippen LogP contribution in [0.15, 0.2) is 340 Å². The molecule has 0 atom stereocenters. The normalized spacial score (nSPS) is 13.5. The Morgan fingerprint density at radius 3 is 0.853 bits per heavy atom. The van der Waals surface area contributed by atoms with Gasteiger partial charge in [0.2, 0.25) is 0 Å². The Hall–Kier alpha value is -12.6. The van der Waals surface area contributed by atoms with Crippen LogP contribution in [0.1, 0.15) is 49.9 Å². The Kier molecular flexibility index (Phi) is 12.6. The van der Waals surface area contributed by atoms with E-state index in [-0.39, 0.29) is 10.8 Å². The van der Waals surface area contributed by atoms with Gasteiger partial charge in [0, 0.05) is 54.3 Å². The van der Waals surface area contributed by atoms with Gasteiger partial charge in [-0.3, -0.25) is 0 Å². The van der Waals surface area contributed by atoms with E-state index in [4.69, 9.17) is 0 Å². The van der Waals surface area contributed by atoms with Crippen molar-refractivity contribution in [1.82, 2.24) is 9.13 Å². The second-order valence-electron chi connectivity index (χ2n) is 29.4. The Bertz CT molecular complexity index is 6240. The standard InChI is InChI=1S/C100H68N2/c1-99(2)85-47-27-25-45-75(85)77-51-49-69(55-87(77)99)91-79-57-83-90(102(95(63-33-13-7-14-34-63)93(83)61-29-9-5-10-30-61)98-73-43-23-19-39-67(73)54-68-40-20-24-44-74(68)98)60-82(79)92(70-50-52-78-76-46-26-28-48-86(76)100(3,4)88(78)56-70)80-58-84-89(59-81(80)91)101(96(64-35-15-8-16-36-64)94(84)62-31-11-6-12-32-62)97-71-41-21-17-37-65(71)53-66-38-18-22-42-72(66)97/h5-60H,1-4H3. The Morgan fingerprint density at radius 1 is 0.196 bits per heavy atom. The molecule has 2 aromatic heterocycles. The first kappa shape index (κ1) is 58.4. The third-order valence-electron chi connectivity index (χ3n) is 23.2. The predicted molar refractivity (Wildman–Crippen MR) is 433 cm³/mol. The fraction of sp³-hybridized carbons (Fsp3) is 0.0600. The molecule has 0 spiro atoms. The lowest BCUT2D eigenvalue weighted by Gasteiger charge is -2.24. The zero-order chi connectivity index (χ0) is 67.7. The number of aromatic nitrogens is 2. The number of hydrogen-bond acceptors (Lipinski definition) is 0. The van der Waals surface area contributed by atoms with E-state index < -0.39 is 0 Å². The third kappa shape index (κ3) is 8.35. The van der Waals surface area contributed by atoms with E-state index in [0.29, 0.717) is 0 Å². The van der Waals surface area contributed by atoms with Gasteiger partial charge in [-0.1, -0.05) is 319 Å². The molecule has 2 aliphatic carbocycles. The molecule has 0 aliphatic heterocycles. The average molecular weight is 1300 g/mol. The third-order valence-corrected chi connectivity index (χ3v) is 23.2. The summed E-state index contributed by atoms with van der Waals surface area (Å²) in [6, 6.07) is 129. The highest BCUT2D eigenvalue weighted by molar-refractivity contribution is 6.29. The summed E-state index contributed by atoms with van der Waals surface area (Å²) in [4.78, 5) is 0. The van der Waals surface area contributed by atoms with Gasteiger partial charge in [-0.15, -0.1) is 0 Å². The molecule has 21 rings (SSSR count). The molecule has 102 heavy (non-hydrogen) atoms. The summed E-state index contributed by atoms with van der Waals surface area (Å²) in [5.41, 5.74) is 28.7. The highest BCUT2D eigenvalue weighted by atomic mass is 15.0. The number of benzene rings is 17. The molecule has 0 unspecified atom stereocenters. The minimum absolute atomic E-state index is 0.272. The van der Waals surface area contributed by atoms with Crippen LogP contribution in [0, 0.1) is 0 Å². The van der Waals surface area contributed by atoms with Crippen LogP contribution in [0.3, 0.4) is 0 Å². The molecule has 0 N–H and O–H groups in total. The van der Waals surface area contributed by atoms with Crippen LogP contribution < -0.4 is 0 Å². The van der Waals surface area contributed by atoms with Crippen LogP contribution in [-0.2, 0) is 10.8 Å². The molecule has 0 fully saturated rings. The molecule has 0 amide bonds. The van der Waals surface area contributed by atoms with Crippen molar-refractivity contribution in [2.45, 2.75) is 38.5 Å². The molecule has 0 radical (unpaired) electrons. The van der Waals surface area contributed by atoms with E-state index in [2.05, 4.69) is 377 Å². The SMILES string of the molecule is CC1(C)c2ccccc2-c2ccc(-c3c4cc5c(-c6ccccc6)c(-c6ccccc6)n(-c6c7ccccc7cc7ccccc67)c5cc4c(-c4ccc5c(c4)C(C)(C)c4ccccc4-5)c4cc5c(-c6ccccc6)c(-c6ccccc6)n(-c6c7ccccc7cc7ccccc67)c5cc34)cc21. The molecule has 0 saturated carbocycles. The van der Waals surface area contributed by atoms with E-state index in [1.807, 2.05) is 0 Å². The van der Waals surface area contributed by atoms with Gasteiger partial charge in [0.25, 0.3) is 0 Å². The fourth-order valence-electron chi connectivity index (χ4n) is 18.6. The van der Waals surface area contributed by atoms with E-state index in [9.17, 15) is 0 Å². The molecule has 2 heteroatoms. The summed E-state index contributed by atoms with van der Waals surface area (Å²) in [5, 5.41) is 16.7. The van der Waals surface area contributed by atoms with E-state index in [1.165, 1.54) is 165 Å². The second-order valence-corrected chi connectivity index (χ2v) is 29.4. The average Bonchev–Trinajstić information content (AvgIpc) is 1.48. The Balaban J connectivity index is 1.03. The number of hydrogen-bond donors (Lipinski definition) is 0. The molecule has 478 valence electrons. The van der Waals surface area contributed by atoms with Crippen molar-refractivity contribution < 1.29 is 0 Å². The van der Waals surface area contributed by atoms with Gasteiger partial charge < -0.3 is 9.13 Å². The molecular formula is C100H68N2. The van der Waals surface area contributed by atoms with E-state index in [1.54, 1.807) is 0 Å². The van der Waals surface area contributed by atoms with Gasteiger partial charge in [-0.05, 0) is 181 Å². The topological polar surface area (TPSA) is 9.86 Å². The second kappa shape index (κ2) is 21.9. The van der Waals surface area contributed by atoms with Gasteiger partial charge >= 0.3 is 0 Å². The fourth-order valence-corrected chi connectivity index (χ4v) is 18.6. The Labute approximate surface area is 592 Å². The quantitative estimate of drug-likeness (QED) is 0.134. The minimum atomic E-state index is -0.272. The van der Waals surface area contributed by atoms with Crippen LogP contribution in [-0.4, -0.2) is 9.13 Å². The van der Waals surface area contributed by atoms with Gasteiger partial charge in [0.05, 0.1) is 33.8 Å². The summed E-state index contributed by atoms with van der Waals surface area (Å²) >= 11 is 0. The molecule has 2 aliphatic rings. The summed E-state index contributed by atoms with van der Waals surface area (Å²) in [5.74, 6) is 0. The maximum atomic E-state index is 2.67. The van der Waals surface area contributed by atoms with Gasteiger partial charge in [-0.25, -0.2) is 0 Å². The molecule has 19 aromatic rings. The van der Waals surface area contributed by atoms with E-state index in [0.717, 1.165) is 44.7 Å².